The molecule has 0 fully saturated rings. The molecule has 6 nitrogen and oxygen atoms in total. The maximum atomic E-state index is 13.4. The molecular weight excluding hydrogens is 396 g/mol. The van der Waals surface area contributed by atoms with Crippen molar-refractivity contribution in [3.63, 3.8) is 0 Å². The number of nitrogens with one attached hydrogen (secondary N) is 1. The highest BCUT2D eigenvalue weighted by Crippen LogP contribution is 2.35. The van der Waals surface area contributed by atoms with Crippen LogP contribution in [0.2, 0.25) is 0 Å². The van der Waals surface area contributed by atoms with Crippen LogP contribution in [0, 0.1) is 0 Å². The summed E-state index contributed by atoms with van der Waals surface area (Å²) in [4.78, 5) is -0.264. The molecule has 1 atom stereocenters. The molecule has 0 radical (unpaired) electrons. The summed E-state index contributed by atoms with van der Waals surface area (Å²) in [6.07, 6.45) is 5.85. The van der Waals surface area contributed by atoms with Gasteiger partial charge in [-0.2, -0.15) is 0 Å². The predicted octanol–water partition coefficient (Wildman–Crippen LogP) is 2.96. The first-order valence-electron chi connectivity index (χ1n) is 8.67. The Hall–Kier alpha value is -2.42. The largest absolute Gasteiger partial charge is 0.281 e. The Morgan fingerprint density at radius 2 is 1.64 bits per heavy atom. The van der Waals surface area contributed by atoms with Crippen molar-refractivity contribution in [2.24, 2.45) is 5.14 Å². The topological polar surface area (TPSA) is 106 Å². The van der Waals surface area contributed by atoms with Gasteiger partial charge < -0.3 is 0 Å². The van der Waals surface area contributed by atoms with Crippen LogP contribution >= 0.6 is 0 Å². The van der Waals surface area contributed by atoms with E-state index in [0.29, 0.717) is 0 Å². The molecule has 1 aliphatic carbocycles. The van der Waals surface area contributed by atoms with E-state index in [0.717, 1.165) is 11.1 Å². The van der Waals surface area contributed by atoms with E-state index in [-0.39, 0.29) is 23.4 Å². The van der Waals surface area contributed by atoms with Gasteiger partial charge in [-0.3, -0.25) is 4.72 Å². The summed E-state index contributed by atoms with van der Waals surface area (Å²) in [7, 11) is -8.08. The Bertz CT molecular complexity index is 1140. The van der Waals surface area contributed by atoms with Gasteiger partial charge in [0, 0.05) is 0 Å². The van der Waals surface area contributed by atoms with Gasteiger partial charge in [-0.25, -0.2) is 22.0 Å². The molecule has 0 heterocycles. The fraction of sp³-hybridized carbons (Fsp3) is 0.200. The number of anilines is 1. The average molecular weight is 419 g/mol. The smallest absolute Gasteiger partial charge is 0.242 e. The van der Waals surface area contributed by atoms with Crippen molar-refractivity contribution in [3.05, 3.63) is 84.0 Å². The Kier molecular flexibility index (Phi) is 5.47. The molecule has 0 aliphatic heterocycles. The standard InChI is InChI=1S/C20H22N2O4S2/c1-16-11-13-20(14-12-16,15-17-7-3-2-4-8-17)28(25,26)22-18-9-5-6-10-19(18)27(21,23)24/h2-13,22H,14-15H2,1H3,(H2,21,23,24). The van der Waals surface area contributed by atoms with Crippen molar-refractivity contribution in [2.75, 3.05) is 4.72 Å². The van der Waals surface area contributed by atoms with Gasteiger partial charge in [0.15, 0.2) is 0 Å². The van der Waals surface area contributed by atoms with Gasteiger partial charge in [0.05, 0.1) is 5.69 Å². The fourth-order valence-electron chi connectivity index (χ4n) is 3.17. The first-order valence-corrected chi connectivity index (χ1v) is 11.7. The van der Waals surface area contributed by atoms with Crippen molar-refractivity contribution in [3.8, 4) is 0 Å². The molecule has 0 saturated heterocycles. The molecule has 2 aromatic rings. The summed E-state index contributed by atoms with van der Waals surface area (Å²) in [5.74, 6) is 0. The minimum atomic E-state index is -4.08. The molecule has 1 unspecified atom stereocenters. The summed E-state index contributed by atoms with van der Waals surface area (Å²) in [6.45, 7) is 1.90. The van der Waals surface area contributed by atoms with Crippen LogP contribution in [0.4, 0.5) is 5.69 Å². The number of allylic oxidation sites excluding steroid dienone is 3. The van der Waals surface area contributed by atoms with Gasteiger partial charge in [0.2, 0.25) is 20.0 Å². The monoisotopic (exact) mass is 418 g/mol. The van der Waals surface area contributed by atoms with E-state index in [2.05, 4.69) is 4.72 Å². The highest BCUT2D eigenvalue weighted by molar-refractivity contribution is 7.94. The SMILES string of the molecule is CC1=CCC(Cc2ccccc2)(S(=O)(=O)Nc2ccccc2S(N)(=O)=O)C=C1. The molecule has 0 spiro atoms. The first-order chi connectivity index (χ1) is 13.1. The van der Waals surface area contributed by atoms with Crippen LogP contribution in [-0.2, 0) is 26.5 Å². The molecule has 1 aliphatic rings. The molecule has 28 heavy (non-hydrogen) atoms. The van der Waals surface area contributed by atoms with Crippen molar-refractivity contribution < 1.29 is 16.8 Å². The zero-order chi connectivity index (χ0) is 20.4. The Balaban J connectivity index is 2.05. The summed E-state index contributed by atoms with van der Waals surface area (Å²) >= 11 is 0. The molecule has 0 bridgehead atoms. The molecule has 0 aromatic heterocycles. The molecular formula is C20H22N2O4S2. The van der Waals surface area contributed by atoms with Crippen molar-refractivity contribution in [1.29, 1.82) is 0 Å². The quantitative estimate of drug-likeness (QED) is 0.752. The Morgan fingerprint density at radius 3 is 2.25 bits per heavy atom. The van der Waals surface area contributed by atoms with Gasteiger partial charge >= 0.3 is 0 Å². The summed E-state index contributed by atoms with van der Waals surface area (Å²) in [5.41, 5.74) is 1.78. The highest BCUT2D eigenvalue weighted by atomic mass is 32.2. The molecule has 3 N–H and O–H groups in total. The number of benzene rings is 2. The van der Waals surface area contributed by atoms with Crippen LogP contribution in [0.25, 0.3) is 0 Å². The number of para-hydroxylation sites is 1. The van der Waals surface area contributed by atoms with Crippen LogP contribution in [-0.4, -0.2) is 21.6 Å². The van der Waals surface area contributed by atoms with E-state index in [9.17, 15) is 16.8 Å². The number of nitrogens with two attached hydrogens (primary N) is 1. The average Bonchev–Trinajstić information content (AvgIpc) is 2.64. The third kappa shape index (κ3) is 4.19. The second-order valence-electron chi connectivity index (χ2n) is 6.86. The lowest BCUT2D eigenvalue weighted by Crippen LogP contribution is -2.43. The lowest BCUT2D eigenvalue weighted by molar-refractivity contribution is 0.552. The van der Waals surface area contributed by atoms with Gasteiger partial charge in [-0.15, -0.1) is 0 Å². The van der Waals surface area contributed by atoms with Crippen molar-refractivity contribution in [1.82, 2.24) is 0 Å². The Morgan fingerprint density at radius 1 is 1.00 bits per heavy atom. The zero-order valence-corrected chi connectivity index (χ0v) is 17.0. The van der Waals surface area contributed by atoms with Gasteiger partial charge in [-0.1, -0.05) is 66.3 Å². The number of primary sulfonamides is 1. The van der Waals surface area contributed by atoms with Crippen LogP contribution in [0.1, 0.15) is 18.9 Å². The predicted molar refractivity (Wildman–Crippen MR) is 111 cm³/mol. The summed E-state index contributed by atoms with van der Waals surface area (Å²) in [5, 5.41) is 5.24. The minimum Gasteiger partial charge on any atom is -0.281 e. The molecule has 3 rings (SSSR count). The van der Waals surface area contributed by atoms with Crippen LogP contribution in [0.5, 0.6) is 0 Å². The van der Waals surface area contributed by atoms with Gasteiger partial charge in [0.1, 0.15) is 9.64 Å². The molecule has 0 saturated carbocycles. The maximum Gasteiger partial charge on any atom is 0.242 e. The van der Waals surface area contributed by atoms with E-state index in [1.165, 1.54) is 18.2 Å². The highest BCUT2D eigenvalue weighted by Gasteiger charge is 2.42. The molecule has 2 aromatic carbocycles. The lowest BCUT2D eigenvalue weighted by Gasteiger charge is -2.32. The van der Waals surface area contributed by atoms with Crippen LogP contribution in [0.15, 0.2) is 83.3 Å². The molecule has 8 heteroatoms. The van der Waals surface area contributed by atoms with E-state index >= 15 is 0 Å². The van der Waals surface area contributed by atoms with Crippen molar-refractivity contribution >= 4 is 25.7 Å². The summed E-state index contributed by atoms with van der Waals surface area (Å²) < 4.78 is 51.8. The van der Waals surface area contributed by atoms with Gasteiger partial charge in [0.25, 0.3) is 0 Å². The minimum absolute atomic E-state index is 0.0582. The number of rotatable bonds is 6. The Labute approximate surface area is 165 Å². The first kappa shape index (κ1) is 20.3. The zero-order valence-electron chi connectivity index (χ0n) is 15.4. The van der Waals surface area contributed by atoms with Crippen LogP contribution < -0.4 is 9.86 Å². The van der Waals surface area contributed by atoms with Crippen LogP contribution in [0.3, 0.4) is 0 Å². The molecule has 0 amide bonds. The van der Waals surface area contributed by atoms with Crippen molar-refractivity contribution in [2.45, 2.75) is 29.4 Å². The number of sulfonamides is 2. The lowest BCUT2D eigenvalue weighted by atomic mass is 9.90. The maximum absolute atomic E-state index is 13.4. The number of hydrogen-bond donors (Lipinski definition) is 2. The van der Waals surface area contributed by atoms with E-state index in [1.54, 1.807) is 18.2 Å². The van der Waals surface area contributed by atoms with E-state index in [1.807, 2.05) is 43.3 Å². The van der Waals surface area contributed by atoms with E-state index < -0.39 is 24.8 Å². The second kappa shape index (κ2) is 7.54. The summed E-state index contributed by atoms with van der Waals surface area (Å²) in [6, 6.07) is 15.0. The number of hydrogen-bond acceptors (Lipinski definition) is 4. The third-order valence-corrected chi connectivity index (χ3v) is 7.71. The fourth-order valence-corrected chi connectivity index (χ4v) is 5.50. The normalized spacial score (nSPS) is 19.9. The second-order valence-corrected chi connectivity index (χ2v) is 10.4. The molecule has 148 valence electrons. The van der Waals surface area contributed by atoms with E-state index in [4.69, 9.17) is 5.14 Å². The van der Waals surface area contributed by atoms with Gasteiger partial charge in [-0.05, 0) is 37.5 Å². The third-order valence-electron chi connectivity index (χ3n) is 4.74.